The molecule has 2 heterocycles. The Balaban J connectivity index is 1.55. The van der Waals surface area contributed by atoms with E-state index in [4.69, 9.17) is 0 Å². The number of nitrogens with zero attached hydrogens (tertiary/aromatic N) is 3. The van der Waals surface area contributed by atoms with Gasteiger partial charge in [0.25, 0.3) is 0 Å². The molecule has 0 radical (unpaired) electrons. The third-order valence-electron chi connectivity index (χ3n) is 3.92. The van der Waals surface area contributed by atoms with Crippen LogP contribution in [0.25, 0.3) is 16.4 Å². The van der Waals surface area contributed by atoms with Crippen molar-refractivity contribution in [3.63, 3.8) is 0 Å². The molecular weight excluding hydrogens is 288 g/mol. The van der Waals surface area contributed by atoms with E-state index in [1.807, 2.05) is 36.4 Å². The number of aromatic nitrogens is 3. The van der Waals surface area contributed by atoms with Crippen molar-refractivity contribution in [1.82, 2.24) is 14.2 Å². The fourth-order valence-electron chi connectivity index (χ4n) is 2.79. The molecule has 2 aromatic heterocycles. The van der Waals surface area contributed by atoms with Crippen molar-refractivity contribution in [2.75, 3.05) is 11.9 Å². The standard InChI is InChI=1S/C18H16N4O/c23-18-21-12-4-3-10-17(21)20-22(18)13-11-19-16-9-5-7-14-6-1-2-8-15(14)16/h1-10,12,19H,11,13H2. The Morgan fingerprint density at radius 1 is 0.957 bits per heavy atom. The van der Waals surface area contributed by atoms with Gasteiger partial charge in [-0.25, -0.2) is 9.48 Å². The van der Waals surface area contributed by atoms with Crippen LogP contribution in [0.15, 0.2) is 71.7 Å². The van der Waals surface area contributed by atoms with Crippen LogP contribution in [0.1, 0.15) is 0 Å². The van der Waals surface area contributed by atoms with E-state index in [0.29, 0.717) is 18.7 Å². The first kappa shape index (κ1) is 13.6. The lowest BCUT2D eigenvalue weighted by molar-refractivity contribution is 0.614. The minimum absolute atomic E-state index is 0.111. The normalized spacial score (nSPS) is 11.1. The Bertz CT molecular complexity index is 1030. The fourth-order valence-corrected chi connectivity index (χ4v) is 2.79. The molecule has 0 saturated heterocycles. The third-order valence-corrected chi connectivity index (χ3v) is 3.92. The minimum Gasteiger partial charge on any atom is -0.383 e. The number of fused-ring (bicyclic) bond motifs is 2. The summed E-state index contributed by atoms with van der Waals surface area (Å²) in [5.41, 5.74) is 1.63. The molecule has 2 aromatic carbocycles. The maximum atomic E-state index is 12.2. The number of benzene rings is 2. The molecule has 23 heavy (non-hydrogen) atoms. The predicted molar refractivity (Wildman–Crippen MR) is 91.9 cm³/mol. The van der Waals surface area contributed by atoms with E-state index in [1.165, 1.54) is 15.5 Å². The molecule has 0 aliphatic carbocycles. The van der Waals surface area contributed by atoms with Gasteiger partial charge in [-0.3, -0.25) is 4.40 Å². The summed E-state index contributed by atoms with van der Waals surface area (Å²) >= 11 is 0. The lowest BCUT2D eigenvalue weighted by atomic mass is 10.1. The number of anilines is 1. The van der Waals surface area contributed by atoms with E-state index < -0.39 is 0 Å². The van der Waals surface area contributed by atoms with Gasteiger partial charge >= 0.3 is 5.69 Å². The second-order valence-electron chi connectivity index (χ2n) is 5.39. The monoisotopic (exact) mass is 304 g/mol. The molecule has 0 atom stereocenters. The van der Waals surface area contributed by atoms with E-state index in [9.17, 15) is 4.79 Å². The zero-order valence-corrected chi connectivity index (χ0v) is 12.5. The first-order valence-electron chi connectivity index (χ1n) is 7.59. The highest BCUT2D eigenvalue weighted by Crippen LogP contribution is 2.22. The van der Waals surface area contributed by atoms with Gasteiger partial charge in [0, 0.05) is 23.8 Å². The molecule has 0 fully saturated rings. The van der Waals surface area contributed by atoms with Gasteiger partial charge in [-0.2, -0.15) is 0 Å². The number of hydrogen-bond acceptors (Lipinski definition) is 3. The van der Waals surface area contributed by atoms with Gasteiger partial charge in [-0.1, -0.05) is 42.5 Å². The van der Waals surface area contributed by atoms with Crippen molar-refractivity contribution >= 4 is 22.1 Å². The van der Waals surface area contributed by atoms with Gasteiger partial charge in [-0.15, -0.1) is 5.10 Å². The van der Waals surface area contributed by atoms with E-state index in [2.05, 4.69) is 34.7 Å². The molecule has 0 saturated carbocycles. The van der Waals surface area contributed by atoms with Crippen LogP contribution in [0.5, 0.6) is 0 Å². The second kappa shape index (κ2) is 5.61. The topological polar surface area (TPSA) is 51.3 Å². The van der Waals surface area contributed by atoms with Gasteiger partial charge in [-0.05, 0) is 23.6 Å². The Morgan fingerprint density at radius 2 is 1.78 bits per heavy atom. The van der Waals surface area contributed by atoms with Crippen molar-refractivity contribution in [1.29, 1.82) is 0 Å². The lowest BCUT2D eigenvalue weighted by Gasteiger charge is -2.09. The summed E-state index contributed by atoms with van der Waals surface area (Å²) in [6, 6.07) is 19.9. The number of rotatable bonds is 4. The first-order chi connectivity index (χ1) is 11.3. The van der Waals surface area contributed by atoms with Gasteiger partial charge < -0.3 is 5.32 Å². The molecule has 4 aromatic rings. The van der Waals surface area contributed by atoms with Crippen molar-refractivity contribution in [3.8, 4) is 0 Å². The number of pyridine rings is 1. The Morgan fingerprint density at radius 3 is 2.70 bits per heavy atom. The van der Waals surface area contributed by atoms with Crippen molar-refractivity contribution in [2.24, 2.45) is 0 Å². The van der Waals surface area contributed by atoms with Gasteiger partial charge in [0.05, 0.1) is 6.54 Å². The van der Waals surface area contributed by atoms with Crippen LogP contribution in [0.4, 0.5) is 5.69 Å². The Kier molecular flexibility index (Phi) is 3.31. The zero-order valence-electron chi connectivity index (χ0n) is 12.5. The highest BCUT2D eigenvalue weighted by Gasteiger charge is 2.05. The average molecular weight is 304 g/mol. The Hall–Kier alpha value is -3.08. The maximum Gasteiger partial charge on any atom is 0.350 e. The quantitative estimate of drug-likeness (QED) is 0.631. The molecule has 0 bridgehead atoms. The van der Waals surface area contributed by atoms with E-state index in [-0.39, 0.29) is 5.69 Å². The molecule has 0 spiro atoms. The summed E-state index contributed by atoms with van der Waals surface area (Å²) in [4.78, 5) is 12.2. The van der Waals surface area contributed by atoms with Gasteiger partial charge in [0.15, 0.2) is 5.65 Å². The average Bonchev–Trinajstić information content (AvgIpc) is 2.92. The van der Waals surface area contributed by atoms with E-state index in [0.717, 1.165) is 5.69 Å². The van der Waals surface area contributed by atoms with Gasteiger partial charge in [0.2, 0.25) is 0 Å². The van der Waals surface area contributed by atoms with Crippen molar-refractivity contribution in [2.45, 2.75) is 6.54 Å². The predicted octanol–water partition coefficient (Wildman–Crippen LogP) is 2.76. The van der Waals surface area contributed by atoms with E-state index >= 15 is 0 Å². The largest absolute Gasteiger partial charge is 0.383 e. The summed E-state index contributed by atoms with van der Waals surface area (Å²) in [7, 11) is 0. The second-order valence-corrected chi connectivity index (χ2v) is 5.39. The van der Waals surface area contributed by atoms with Crippen molar-refractivity contribution < 1.29 is 0 Å². The van der Waals surface area contributed by atoms with Crippen LogP contribution >= 0.6 is 0 Å². The summed E-state index contributed by atoms with van der Waals surface area (Å²) in [6.45, 7) is 1.15. The Labute approximate surface area is 132 Å². The summed E-state index contributed by atoms with van der Waals surface area (Å²) in [6.07, 6.45) is 1.74. The summed E-state index contributed by atoms with van der Waals surface area (Å²) in [5.74, 6) is 0. The molecule has 5 nitrogen and oxygen atoms in total. The molecule has 1 N–H and O–H groups in total. The minimum atomic E-state index is -0.111. The smallest absolute Gasteiger partial charge is 0.350 e. The summed E-state index contributed by atoms with van der Waals surface area (Å²) in [5, 5.41) is 10.1. The maximum absolute atomic E-state index is 12.2. The van der Waals surface area contributed by atoms with Crippen LogP contribution in [0.3, 0.4) is 0 Å². The van der Waals surface area contributed by atoms with Crippen LogP contribution in [-0.2, 0) is 6.54 Å². The molecule has 4 rings (SSSR count). The van der Waals surface area contributed by atoms with E-state index in [1.54, 1.807) is 10.6 Å². The first-order valence-corrected chi connectivity index (χ1v) is 7.59. The third kappa shape index (κ3) is 2.46. The summed E-state index contributed by atoms with van der Waals surface area (Å²) < 4.78 is 3.05. The number of hydrogen-bond donors (Lipinski definition) is 1. The lowest BCUT2D eigenvalue weighted by Crippen LogP contribution is -2.24. The number of nitrogens with one attached hydrogen (secondary N) is 1. The van der Waals surface area contributed by atoms with Crippen LogP contribution in [-0.4, -0.2) is 20.7 Å². The van der Waals surface area contributed by atoms with Crippen LogP contribution in [0.2, 0.25) is 0 Å². The SMILES string of the molecule is O=c1n(CCNc2cccc3ccccc23)nc2ccccn12. The fraction of sp³-hybridized carbons (Fsp3) is 0.111. The molecule has 114 valence electrons. The zero-order chi connectivity index (χ0) is 15.6. The van der Waals surface area contributed by atoms with Crippen molar-refractivity contribution in [3.05, 3.63) is 77.3 Å². The van der Waals surface area contributed by atoms with Gasteiger partial charge in [0.1, 0.15) is 0 Å². The molecule has 5 heteroatoms. The molecule has 0 unspecified atom stereocenters. The molecule has 0 amide bonds. The molecular formula is C18H16N4O. The van der Waals surface area contributed by atoms with Crippen LogP contribution < -0.4 is 11.0 Å². The highest BCUT2D eigenvalue weighted by atomic mass is 16.2. The van der Waals surface area contributed by atoms with Crippen LogP contribution in [0, 0.1) is 0 Å². The highest BCUT2D eigenvalue weighted by molar-refractivity contribution is 5.93. The molecule has 0 aliphatic heterocycles. The molecule has 0 aliphatic rings.